The molecule has 2 aromatic rings. The van der Waals surface area contributed by atoms with Crippen LogP contribution in [0.4, 0.5) is 0 Å². The van der Waals surface area contributed by atoms with Gasteiger partial charge < -0.3 is 5.32 Å². The van der Waals surface area contributed by atoms with Crippen molar-refractivity contribution in [3.05, 3.63) is 69.2 Å². The van der Waals surface area contributed by atoms with Gasteiger partial charge in [-0.05, 0) is 47.7 Å². The number of nitrogens with one attached hydrogen (secondary N) is 1. The van der Waals surface area contributed by atoms with Gasteiger partial charge in [0, 0.05) is 22.6 Å². The predicted octanol–water partition coefficient (Wildman–Crippen LogP) is 4.77. The summed E-state index contributed by atoms with van der Waals surface area (Å²) in [5.41, 5.74) is 4.02. The molecule has 1 aliphatic rings. The molecule has 1 nitrogen and oxygen atoms in total. The van der Waals surface area contributed by atoms with Crippen LogP contribution in [0.3, 0.4) is 0 Å². The molecule has 0 aromatic heterocycles. The zero-order valence-corrected chi connectivity index (χ0v) is 12.0. The van der Waals surface area contributed by atoms with E-state index in [9.17, 15) is 0 Å². The minimum absolute atomic E-state index is 0.439. The van der Waals surface area contributed by atoms with E-state index < -0.39 is 0 Å². The number of benzene rings is 2. The van der Waals surface area contributed by atoms with Gasteiger partial charge in [-0.3, -0.25) is 0 Å². The topological polar surface area (TPSA) is 12.0 Å². The SMILES string of the molecule is Clc1cc(Cl)cc(CNC2CCc3ccccc32)c1. The third kappa shape index (κ3) is 2.94. The first kappa shape index (κ1) is 13.0. The molecule has 1 atom stereocenters. The second kappa shape index (κ2) is 5.54. The molecule has 0 saturated carbocycles. The number of halogens is 2. The highest BCUT2D eigenvalue weighted by Gasteiger charge is 2.20. The summed E-state index contributed by atoms with van der Waals surface area (Å²) >= 11 is 12.0. The van der Waals surface area contributed by atoms with E-state index >= 15 is 0 Å². The van der Waals surface area contributed by atoms with Crippen molar-refractivity contribution in [2.75, 3.05) is 0 Å². The van der Waals surface area contributed by atoms with Crippen LogP contribution in [0.2, 0.25) is 10.0 Å². The van der Waals surface area contributed by atoms with Crippen molar-refractivity contribution in [1.29, 1.82) is 0 Å². The maximum atomic E-state index is 6.01. The van der Waals surface area contributed by atoms with Crippen LogP contribution in [0, 0.1) is 0 Å². The molecule has 0 radical (unpaired) electrons. The van der Waals surface area contributed by atoms with E-state index in [1.165, 1.54) is 11.1 Å². The summed E-state index contributed by atoms with van der Waals surface area (Å²) in [5, 5.41) is 4.97. The molecule has 0 bridgehead atoms. The van der Waals surface area contributed by atoms with E-state index in [2.05, 4.69) is 29.6 Å². The maximum absolute atomic E-state index is 6.01. The lowest BCUT2D eigenvalue weighted by molar-refractivity contribution is 0.530. The normalized spacial score (nSPS) is 17.5. The lowest BCUT2D eigenvalue weighted by Gasteiger charge is -2.14. The third-order valence-electron chi connectivity index (χ3n) is 3.61. The Bertz CT molecular complexity index is 575. The van der Waals surface area contributed by atoms with Gasteiger partial charge in [0.25, 0.3) is 0 Å². The molecule has 0 heterocycles. The number of hydrogen-bond acceptors (Lipinski definition) is 1. The first-order chi connectivity index (χ1) is 9.22. The summed E-state index contributed by atoms with van der Waals surface area (Å²) < 4.78 is 0. The van der Waals surface area contributed by atoms with Crippen molar-refractivity contribution in [1.82, 2.24) is 5.32 Å². The lowest BCUT2D eigenvalue weighted by atomic mass is 10.1. The molecule has 3 heteroatoms. The molecule has 1 N–H and O–H groups in total. The fourth-order valence-electron chi connectivity index (χ4n) is 2.72. The van der Waals surface area contributed by atoms with Crippen LogP contribution in [0.25, 0.3) is 0 Å². The second-order valence-electron chi connectivity index (χ2n) is 4.95. The Kier molecular flexibility index (Phi) is 3.79. The van der Waals surface area contributed by atoms with E-state index in [1.807, 2.05) is 12.1 Å². The van der Waals surface area contributed by atoms with E-state index in [0.717, 1.165) is 24.9 Å². The van der Waals surface area contributed by atoms with Gasteiger partial charge in [-0.2, -0.15) is 0 Å². The molecule has 2 aromatic carbocycles. The van der Waals surface area contributed by atoms with Crippen LogP contribution in [-0.2, 0) is 13.0 Å². The molecule has 98 valence electrons. The number of aryl methyl sites for hydroxylation is 1. The molecule has 1 unspecified atom stereocenters. The minimum atomic E-state index is 0.439. The largest absolute Gasteiger partial charge is 0.306 e. The molecule has 0 fully saturated rings. The average Bonchev–Trinajstić information content (AvgIpc) is 2.78. The van der Waals surface area contributed by atoms with Gasteiger partial charge in [0.1, 0.15) is 0 Å². The van der Waals surface area contributed by atoms with Crippen LogP contribution in [0.15, 0.2) is 42.5 Å². The van der Waals surface area contributed by atoms with E-state index in [4.69, 9.17) is 23.2 Å². The van der Waals surface area contributed by atoms with Crippen LogP contribution < -0.4 is 5.32 Å². The second-order valence-corrected chi connectivity index (χ2v) is 5.82. The predicted molar refractivity (Wildman–Crippen MR) is 80.8 cm³/mol. The molecule has 0 amide bonds. The molecule has 0 aliphatic heterocycles. The van der Waals surface area contributed by atoms with Crippen molar-refractivity contribution in [2.24, 2.45) is 0 Å². The highest BCUT2D eigenvalue weighted by Crippen LogP contribution is 2.31. The first-order valence-corrected chi connectivity index (χ1v) is 7.24. The lowest BCUT2D eigenvalue weighted by Crippen LogP contribution is -2.18. The zero-order valence-electron chi connectivity index (χ0n) is 10.5. The summed E-state index contributed by atoms with van der Waals surface area (Å²) in [5.74, 6) is 0. The van der Waals surface area contributed by atoms with Crippen molar-refractivity contribution in [2.45, 2.75) is 25.4 Å². The smallest absolute Gasteiger partial charge is 0.0424 e. The molecule has 0 spiro atoms. The Labute approximate surface area is 123 Å². The molecular formula is C16H15Cl2N. The van der Waals surface area contributed by atoms with Crippen molar-refractivity contribution in [3.63, 3.8) is 0 Å². The maximum Gasteiger partial charge on any atom is 0.0424 e. The first-order valence-electron chi connectivity index (χ1n) is 6.48. The van der Waals surface area contributed by atoms with Crippen molar-refractivity contribution >= 4 is 23.2 Å². The van der Waals surface area contributed by atoms with Gasteiger partial charge in [-0.15, -0.1) is 0 Å². The quantitative estimate of drug-likeness (QED) is 0.859. The van der Waals surface area contributed by atoms with E-state index in [0.29, 0.717) is 16.1 Å². The Balaban J connectivity index is 1.70. The molecule has 0 saturated heterocycles. The Hall–Kier alpha value is -1.02. The Morgan fingerprint density at radius 3 is 2.58 bits per heavy atom. The van der Waals surface area contributed by atoms with Crippen molar-refractivity contribution in [3.8, 4) is 0 Å². The molecule has 1 aliphatic carbocycles. The van der Waals surface area contributed by atoms with Crippen LogP contribution in [-0.4, -0.2) is 0 Å². The molecule has 3 rings (SSSR count). The van der Waals surface area contributed by atoms with Gasteiger partial charge in [0.2, 0.25) is 0 Å². The monoisotopic (exact) mass is 291 g/mol. The average molecular weight is 292 g/mol. The Morgan fingerprint density at radius 1 is 1.05 bits per heavy atom. The summed E-state index contributed by atoms with van der Waals surface area (Å²) in [6.07, 6.45) is 2.32. The van der Waals surface area contributed by atoms with Crippen molar-refractivity contribution < 1.29 is 0 Å². The van der Waals surface area contributed by atoms with Gasteiger partial charge in [-0.1, -0.05) is 47.5 Å². The van der Waals surface area contributed by atoms with Crippen LogP contribution >= 0.6 is 23.2 Å². The number of fused-ring (bicyclic) bond motifs is 1. The van der Waals surface area contributed by atoms with Crippen LogP contribution in [0.1, 0.15) is 29.2 Å². The Morgan fingerprint density at radius 2 is 1.79 bits per heavy atom. The zero-order chi connectivity index (χ0) is 13.2. The van der Waals surface area contributed by atoms with E-state index in [1.54, 1.807) is 6.07 Å². The minimum Gasteiger partial charge on any atom is -0.306 e. The van der Waals surface area contributed by atoms with E-state index in [-0.39, 0.29) is 0 Å². The highest BCUT2D eigenvalue weighted by atomic mass is 35.5. The van der Waals surface area contributed by atoms with Gasteiger partial charge in [-0.25, -0.2) is 0 Å². The van der Waals surface area contributed by atoms with Crippen LogP contribution in [0.5, 0.6) is 0 Å². The fourth-order valence-corrected chi connectivity index (χ4v) is 3.29. The molecular weight excluding hydrogens is 277 g/mol. The standard InChI is InChI=1S/C16H15Cl2N/c17-13-7-11(8-14(18)9-13)10-19-16-6-5-12-3-1-2-4-15(12)16/h1-4,7-9,16,19H,5-6,10H2. The summed E-state index contributed by atoms with van der Waals surface area (Å²) in [4.78, 5) is 0. The molecule has 19 heavy (non-hydrogen) atoms. The van der Waals surface area contributed by atoms with Gasteiger partial charge in [0.05, 0.1) is 0 Å². The summed E-state index contributed by atoms with van der Waals surface area (Å²) in [7, 11) is 0. The number of hydrogen-bond donors (Lipinski definition) is 1. The summed E-state index contributed by atoms with van der Waals surface area (Å²) in [6.45, 7) is 0.791. The highest BCUT2D eigenvalue weighted by molar-refractivity contribution is 6.34. The number of rotatable bonds is 3. The fraction of sp³-hybridized carbons (Fsp3) is 0.250. The van der Waals surface area contributed by atoms with Gasteiger partial charge >= 0.3 is 0 Å². The summed E-state index contributed by atoms with van der Waals surface area (Å²) in [6, 6.07) is 14.8. The van der Waals surface area contributed by atoms with Gasteiger partial charge in [0.15, 0.2) is 0 Å². The third-order valence-corrected chi connectivity index (χ3v) is 4.04.